The highest BCUT2D eigenvalue weighted by molar-refractivity contribution is 6.07. The van der Waals surface area contributed by atoms with Crippen molar-refractivity contribution in [2.45, 2.75) is 37.8 Å². The molecule has 2 atom stereocenters. The first-order chi connectivity index (χ1) is 13.5. The predicted molar refractivity (Wildman–Crippen MR) is 104 cm³/mol. The summed E-state index contributed by atoms with van der Waals surface area (Å²) in [5.74, 6) is 0.346. The van der Waals surface area contributed by atoms with Gasteiger partial charge in [0.2, 0.25) is 0 Å². The van der Waals surface area contributed by atoms with E-state index in [0.717, 1.165) is 34.4 Å². The Morgan fingerprint density at radius 2 is 1.93 bits per heavy atom. The van der Waals surface area contributed by atoms with Crippen LogP contribution in [-0.2, 0) is 16.8 Å². The maximum Gasteiger partial charge on any atom is 0.325 e. The van der Waals surface area contributed by atoms with Crippen LogP contribution in [0, 0.1) is 6.92 Å². The summed E-state index contributed by atoms with van der Waals surface area (Å²) in [6.45, 7) is 1.89. The van der Waals surface area contributed by atoms with Crippen LogP contribution < -0.4 is 10.1 Å². The number of amides is 3. The molecule has 2 aliphatic rings. The van der Waals surface area contributed by atoms with Gasteiger partial charge in [0.15, 0.2) is 0 Å². The highest BCUT2D eigenvalue weighted by Gasteiger charge is 2.54. The Hall–Kier alpha value is -2.86. The average Bonchev–Trinajstić information content (AvgIpc) is 2.93. The van der Waals surface area contributed by atoms with Crippen molar-refractivity contribution >= 4 is 11.9 Å². The monoisotopic (exact) mass is 380 g/mol. The van der Waals surface area contributed by atoms with E-state index < -0.39 is 17.7 Å². The number of fused-ring (bicyclic) bond motifs is 2. The molecule has 2 aromatic carbocycles. The van der Waals surface area contributed by atoms with E-state index in [1.54, 1.807) is 0 Å². The van der Waals surface area contributed by atoms with Crippen LogP contribution in [0.3, 0.4) is 0 Å². The lowest BCUT2D eigenvalue weighted by molar-refractivity contribution is -0.133. The van der Waals surface area contributed by atoms with Crippen molar-refractivity contribution in [2.24, 2.45) is 0 Å². The van der Waals surface area contributed by atoms with Crippen LogP contribution in [0.1, 0.15) is 29.5 Å². The lowest BCUT2D eigenvalue weighted by Crippen LogP contribution is -2.47. The molecule has 6 nitrogen and oxygen atoms in total. The number of carbonyl (C=O) groups is 2. The molecule has 0 radical (unpaired) electrons. The molecule has 4 rings (SSSR count). The van der Waals surface area contributed by atoms with Gasteiger partial charge in [-0.15, -0.1) is 0 Å². The quantitative estimate of drug-likeness (QED) is 0.782. The van der Waals surface area contributed by atoms with Crippen molar-refractivity contribution in [2.75, 3.05) is 13.2 Å². The van der Waals surface area contributed by atoms with Crippen LogP contribution in [0.5, 0.6) is 5.75 Å². The van der Waals surface area contributed by atoms with Crippen molar-refractivity contribution in [3.05, 3.63) is 65.2 Å². The highest BCUT2D eigenvalue weighted by Crippen LogP contribution is 2.39. The maximum atomic E-state index is 13.2. The van der Waals surface area contributed by atoms with Crippen molar-refractivity contribution in [3.63, 3.8) is 0 Å². The standard InChI is InChI=1S/C22H24N2O4/c1-15-8-10-18(11-9-15)28-14-17(25)13-24-20(26)22(23-21(24)27)12-4-6-16-5-2-3-7-19(16)22/h2-3,5,7-11,17,25H,4,6,12-14H2,1H3,(H,23,27)/t17-,22+/m0/s1. The smallest absolute Gasteiger partial charge is 0.325 e. The van der Waals surface area contributed by atoms with Gasteiger partial charge in [0.25, 0.3) is 5.91 Å². The first-order valence-electron chi connectivity index (χ1n) is 9.60. The first-order valence-corrected chi connectivity index (χ1v) is 9.60. The van der Waals surface area contributed by atoms with E-state index in [1.807, 2.05) is 55.5 Å². The largest absolute Gasteiger partial charge is 0.491 e. The number of rotatable bonds is 5. The van der Waals surface area contributed by atoms with Crippen molar-refractivity contribution in [3.8, 4) is 5.75 Å². The number of aliphatic hydroxyl groups excluding tert-OH is 1. The zero-order chi connectivity index (χ0) is 19.7. The third-order valence-corrected chi connectivity index (χ3v) is 5.51. The summed E-state index contributed by atoms with van der Waals surface area (Å²) in [6.07, 6.45) is 1.33. The molecule has 28 heavy (non-hydrogen) atoms. The molecule has 6 heteroatoms. The summed E-state index contributed by atoms with van der Waals surface area (Å²) in [5.41, 5.74) is 2.06. The highest BCUT2D eigenvalue weighted by atomic mass is 16.5. The molecule has 0 unspecified atom stereocenters. The molecule has 0 bridgehead atoms. The number of aliphatic hydroxyl groups is 1. The van der Waals surface area contributed by atoms with Gasteiger partial charge in [-0.25, -0.2) is 4.79 Å². The Labute approximate surface area is 164 Å². The number of β-amino-alcohol motifs (C(OH)–C–C–N with tert-alkyl or cyclic N) is 1. The number of ether oxygens (including phenoxy) is 1. The Morgan fingerprint density at radius 1 is 1.18 bits per heavy atom. The van der Waals surface area contributed by atoms with E-state index in [2.05, 4.69) is 5.32 Å². The number of benzene rings is 2. The van der Waals surface area contributed by atoms with Gasteiger partial charge in [-0.05, 0) is 49.4 Å². The number of carbonyl (C=O) groups excluding carboxylic acids is 2. The molecule has 2 N–H and O–H groups in total. The summed E-state index contributed by atoms with van der Waals surface area (Å²) in [7, 11) is 0. The van der Waals surface area contributed by atoms with Crippen LogP contribution in [-0.4, -0.2) is 41.2 Å². The summed E-state index contributed by atoms with van der Waals surface area (Å²) < 4.78 is 5.58. The van der Waals surface area contributed by atoms with Crippen LogP contribution in [0.15, 0.2) is 48.5 Å². The van der Waals surface area contributed by atoms with Gasteiger partial charge in [0.1, 0.15) is 24.0 Å². The van der Waals surface area contributed by atoms with Gasteiger partial charge >= 0.3 is 6.03 Å². The number of hydrogen-bond donors (Lipinski definition) is 2. The summed E-state index contributed by atoms with van der Waals surface area (Å²) >= 11 is 0. The number of nitrogens with zero attached hydrogens (tertiary/aromatic N) is 1. The maximum absolute atomic E-state index is 13.2. The summed E-state index contributed by atoms with van der Waals surface area (Å²) in [6, 6.07) is 14.8. The minimum Gasteiger partial charge on any atom is -0.491 e. The fourth-order valence-electron chi connectivity index (χ4n) is 4.07. The fourth-order valence-corrected chi connectivity index (χ4v) is 4.07. The zero-order valence-electron chi connectivity index (χ0n) is 15.9. The first kappa shape index (κ1) is 18.5. The molecule has 1 aliphatic carbocycles. The molecule has 1 fully saturated rings. The minimum absolute atomic E-state index is 0.00368. The molecular formula is C22H24N2O4. The second kappa shape index (κ2) is 7.28. The van der Waals surface area contributed by atoms with Crippen molar-refractivity contribution in [1.29, 1.82) is 0 Å². The predicted octanol–water partition coefficient (Wildman–Crippen LogP) is 2.52. The van der Waals surface area contributed by atoms with Gasteiger partial charge < -0.3 is 15.2 Å². The normalized spacial score (nSPS) is 22.1. The number of hydrogen-bond acceptors (Lipinski definition) is 4. The van der Waals surface area contributed by atoms with Gasteiger partial charge in [0.05, 0.1) is 6.54 Å². The molecule has 1 spiro atoms. The van der Waals surface area contributed by atoms with E-state index in [1.165, 1.54) is 0 Å². The van der Waals surface area contributed by atoms with Gasteiger partial charge in [0, 0.05) is 0 Å². The van der Waals surface area contributed by atoms with Crippen LogP contribution in [0.4, 0.5) is 4.79 Å². The molecule has 0 aromatic heterocycles. The van der Waals surface area contributed by atoms with Crippen LogP contribution in [0.2, 0.25) is 0 Å². The number of urea groups is 1. The lowest BCUT2D eigenvalue weighted by Gasteiger charge is -2.33. The second-order valence-corrected chi connectivity index (χ2v) is 7.54. The third kappa shape index (κ3) is 3.24. The molecule has 1 heterocycles. The van der Waals surface area contributed by atoms with Gasteiger partial charge in [-0.2, -0.15) is 0 Å². The van der Waals surface area contributed by atoms with E-state index in [-0.39, 0.29) is 19.1 Å². The van der Waals surface area contributed by atoms with Crippen molar-refractivity contribution in [1.82, 2.24) is 10.2 Å². The topological polar surface area (TPSA) is 78.9 Å². The second-order valence-electron chi connectivity index (χ2n) is 7.54. The Morgan fingerprint density at radius 3 is 2.71 bits per heavy atom. The molecule has 3 amide bonds. The molecule has 1 aliphatic heterocycles. The molecule has 2 aromatic rings. The Bertz CT molecular complexity index is 896. The number of aryl methyl sites for hydroxylation is 2. The van der Waals surface area contributed by atoms with Crippen molar-refractivity contribution < 1.29 is 19.4 Å². The van der Waals surface area contributed by atoms with E-state index >= 15 is 0 Å². The molecule has 1 saturated heterocycles. The summed E-state index contributed by atoms with van der Waals surface area (Å²) in [5, 5.41) is 13.2. The zero-order valence-corrected chi connectivity index (χ0v) is 15.9. The van der Waals surface area contributed by atoms with Gasteiger partial charge in [-0.1, -0.05) is 42.0 Å². The Balaban J connectivity index is 1.45. The van der Waals surface area contributed by atoms with Gasteiger partial charge in [-0.3, -0.25) is 9.69 Å². The fraction of sp³-hybridized carbons (Fsp3) is 0.364. The summed E-state index contributed by atoms with van der Waals surface area (Å²) in [4.78, 5) is 26.9. The molecule has 146 valence electrons. The van der Waals surface area contributed by atoms with Crippen LogP contribution >= 0.6 is 0 Å². The third-order valence-electron chi connectivity index (χ3n) is 5.51. The minimum atomic E-state index is -1.01. The SMILES string of the molecule is Cc1ccc(OC[C@@H](O)CN2C(=O)N[C@@]3(CCCc4ccccc43)C2=O)cc1. The Kier molecular flexibility index (Phi) is 4.81. The number of nitrogens with one attached hydrogen (secondary N) is 1. The van der Waals surface area contributed by atoms with E-state index in [9.17, 15) is 14.7 Å². The van der Waals surface area contributed by atoms with E-state index in [4.69, 9.17) is 4.74 Å². The van der Waals surface area contributed by atoms with Crippen LogP contribution in [0.25, 0.3) is 0 Å². The van der Waals surface area contributed by atoms with E-state index in [0.29, 0.717) is 12.2 Å². The average molecular weight is 380 g/mol. The number of imide groups is 1. The molecular weight excluding hydrogens is 356 g/mol. The molecule has 0 saturated carbocycles. The lowest BCUT2D eigenvalue weighted by atomic mass is 9.76.